The number of amides is 1. The molecule has 1 unspecified atom stereocenters. The number of likely N-dealkylation sites (tertiary alicyclic amines) is 1. The summed E-state index contributed by atoms with van der Waals surface area (Å²) < 4.78 is 1.84. The lowest BCUT2D eigenvalue weighted by Gasteiger charge is -2.30. The lowest BCUT2D eigenvalue weighted by molar-refractivity contribution is -0.134. The monoisotopic (exact) mass is 222 g/mol. The highest BCUT2D eigenvalue weighted by Gasteiger charge is 2.25. The maximum Gasteiger partial charge on any atom is 0.239 e. The van der Waals surface area contributed by atoms with Crippen LogP contribution in [0.4, 0.5) is 0 Å². The van der Waals surface area contributed by atoms with Gasteiger partial charge < -0.3 is 10.6 Å². The van der Waals surface area contributed by atoms with Crippen LogP contribution in [0.3, 0.4) is 0 Å². The van der Waals surface area contributed by atoms with Gasteiger partial charge in [-0.2, -0.15) is 5.10 Å². The molecule has 0 aromatic carbocycles. The molecule has 1 aromatic heterocycles. The molecular formula is C11H18N4O. The van der Waals surface area contributed by atoms with Crippen LogP contribution in [0.1, 0.15) is 18.5 Å². The van der Waals surface area contributed by atoms with Crippen molar-refractivity contribution in [1.29, 1.82) is 0 Å². The fraction of sp³-hybridized carbons (Fsp3) is 0.636. The van der Waals surface area contributed by atoms with Crippen LogP contribution in [0.5, 0.6) is 0 Å². The summed E-state index contributed by atoms with van der Waals surface area (Å²) >= 11 is 0. The number of hydrogen-bond donors (Lipinski definition) is 1. The molecule has 0 radical (unpaired) electrons. The highest BCUT2D eigenvalue weighted by molar-refractivity contribution is 5.82. The van der Waals surface area contributed by atoms with Crippen LogP contribution in [0.25, 0.3) is 0 Å². The van der Waals surface area contributed by atoms with Crippen LogP contribution >= 0.6 is 0 Å². The van der Waals surface area contributed by atoms with Gasteiger partial charge in [-0.1, -0.05) is 0 Å². The minimum Gasteiger partial charge on any atom is -0.341 e. The Morgan fingerprint density at radius 2 is 2.44 bits per heavy atom. The van der Waals surface area contributed by atoms with Crippen molar-refractivity contribution in [1.82, 2.24) is 14.7 Å². The molecule has 1 atom stereocenters. The van der Waals surface area contributed by atoms with Gasteiger partial charge in [0.25, 0.3) is 0 Å². The third kappa shape index (κ3) is 2.24. The molecule has 0 spiro atoms. The van der Waals surface area contributed by atoms with Gasteiger partial charge in [0.15, 0.2) is 0 Å². The van der Waals surface area contributed by atoms with Gasteiger partial charge >= 0.3 is 0 Å². The molecule has 5 heteroatoms. The van der Waals surface area contributed by atoms with Crippen LogP contribution in [-0.4, -0.2) is 39.7 Å². The van der Waals surface area contributed by atoms with Crippen molar-refractivity contribution in [2.75, 3.05) is 13.1 Å². The quantitative estimate of drug-likeness (QED) is 0.777. The number of nitrogens with two attached hydrogens (primary N) is 1. The summed E-state index contributed by atoms with van der Waals surface area (Å²) in [5, 5.41) is 4.10. The van der Waals surface area contributed by atoms with Crippen molar-refractivity contribution >= 4 is 5.91 Å². The van der Waals surface area contributed by atoms with Crippen molar-refractivity contribution in [2.45, 2.75) is 25.3 Å². The summed E-state index contributed by atoms with van der Waals surface area (Å²) in [4.78, 5) is 13.6. The minimum absolute atomic E-state index is 0.0911. The average Bonchev–Trinajstić information content (AvgIpc) is 2.67. The molecule has 1 aromatic rings. The summed E-state index contributed by atoms with van der Waals surface area (Å²) in [6.07, 6.45) is 4.45. The number of aromatic nitrogens is 2. The van der Waals surface area contributed by atoms with E-state index in [1.165, 1.54) is 0 Å². The first-order chi connectivity index (χ1) is 7.68. The maximum atomic E-state index is 11.7. The lowest BCUT2D eigenvalue weighted by atomic mass is 10.1. The molecule has 2 heterocycles. The van der Waals surface area contributed by atoms with Gasteiger partial charge in [-0.25, -0.2) is 0 Å². The Bertz CT molecular complexity index is 374. The van der Waals surface area contributed by atoms with Crippen LogP contribution < -0.4 is 5.73 Å². The third-order valence-corrected chi connectivity index (χ3v) is 3.13. The summed E-state index contributed by atoms with van der Waals surface area (Å²) in [5.74, 6) is 0.0911. The first-order valence-corrected chi connectivity index (χ1v) is 5.70. The number of carbonyl (C=O) groups excluding carboxylic acids is 1. The molecule has 1 amide bonds. The molecule has 0 saturated carbocycles. The zero-order valence-corrected chi connectivity index (χ0v) is 9.59. The van der Waals surface area contributed by atoms with E-state index in [1.807, 2.05) is 22.7 Å². The topological polar surface area (TPSA) is 64.2 Å². The fourth-order valence-corrected chi connectivity index (χ4v) is 2.09. The minimum atomic E-state index is -0.291. The number of hydrogen-bond acceptors (Lipinski definition) is 3. The Kier molecular flexibility index (Phi) is 3.24. The summed E-state index contributed by atoms with van der Waals surface area (Å²) in [5.41, 5.74) is 6.88. The first-order valence-electron chi connectivity index (χ1n) is 5.70. The Hall–Kier alpha value is -1.36. The van der Waals surface area contributed by atoms with Crippen molar-refractivity contribution in [3.63, 3.8) is 0 Å². The number of rotatable bonds is 3. The maximum absolute atomic E-state index is 11.7. The van der Waals surface area contributed by atoms with E-state index < -0.39 is 0 Å². The molecule has 5 nitrogen and oxygen atoms in total. The predicted octanol–water partition coefficient (Wildman–Crippen LogP) is -0.0877. The Labute approximate surface area is 95.2 Å². The molecule has 2 N–H and O–H groups in total. The number of nitrogens with zero attached hydrogens (tertiary/aromatic N) is 3. The van der Waals surface area contributed by atoms with Crippen molar-refractivity contribution in [2.24, 2.45) is 12.8 Å². The smallest absolute Gasteiger partial charge is 0.239 e. The lowest BCUT2D eigenvalue weighted by Crippen LogP contribution is -2.48. The van der Waals surface area contributed by atoms with E-state index in [1.54, 1.807) is 6.20 Å². The predicted molar refractivity (Wildman–Crippen MR) is 60.7 cm³/mol. The highest BCUT2D eigenvalue weighted by Crippen LogP contribution is 2.10. The van der Waals surface area contributed by atoms with Crippen LogP contribution in [0.2, 0.25) is 0 Å². The zero-order chi connectivity index (χ0) is 11.5. The van der Waals surface area contributed by atoms with Gasteiger partial charge in [0.1, 0.15) is 0 Å². The van der Waals surface area contributed by atoms with Crippen molar-refractivity contribution in [3.8, 4) is 0 Å². The SMILES string of the molecule is Cn1nccc1CCN1CCCC(N)C1=O. The van der Waals surface area contributed by atoms with E-state index in [-0.39, 0.29) is 11.9 Å². The summed E-state index contributed by atoms with van der Waals surface area (Å²) in [6, 6.07) is 1.69. The van der Waals surface area contributed by atoms with Gasteiger partial charge in [-0.15, -0.1) is 0 Å². The van der Waals surface area contributed by atoms with E-state index in [4.69, 9.17) is 5.73 Å². The standard InChI is InChI=1S/C11H18N4O/c1-14-9(4-6-13-14)5-8-15-7-2-3-10(12)11(15)16/h4,6,10H,2-3,5,7-8,12H2,1H3. The molecule has 88 valence electrons. The first kappa shape index (κ1) is 11.1. The van der Waals surface area contributed by atoms with E-state index >= 15 is 0 Å². The molecule has 0 aliphatic carbocycles. The molecule has 2 rings (SSSR count). The fourth-order valence-electron chi connectivity index (χ4n) is 2.09. The molecule has 1 fully saturated rings. The highest BCUT2D eigenvalue weighted by atomic mass is 16.2. The summed E-state index contributed by atoms with van der Waals surface area (Å²) in [6.45, 7) is 1.58. The second-order valence-corrected chi connectivity index (χ2v) is 4.27. The second-order valence-electron chi connectivity index (χ2n) is 4.27. The molecule has 1 saturated heterocycles. The molecule has 1 aliphatic rings. The van der Waals surface area contributed by atoms with Gasteiger partial charge in [-0.3, -0.25) is 9.48 Å². The van der Waals surface area contributed by atoms with Crippen LogP contribution in [0.15, 0.2) is 12.3 Å². The average molecular weight is 222 g/mol. The van der Waals surface area contributed by atoms with Crippen LogP contribution in [0, 0.1) is 0 Å². The molecule has 16 heavy (non-hydrogen) atoms. The molecule has 1 aliphatic heterocycles. The van der Waals surface area contributed by atoms with E-state index in [0.29, 0.717) is 0 Å². The Morgan fingerprint density at radius 1 is 1.62 bits per heavy atom. The Morgan fingerprint density at radius 3 is 3.12 bits per heavy atom. The van der Waals surface area contributed by atoms with E-state index in [2.05, 4.69) is 5.10 Å². The number of piperidine rings is 1. The summed E-state index contributed by atoms with van der Waals surface area (Å²) in [7, 11) is 1.92. The van der Waals surface area contributed by atoms with E-state index in [9.17, 15) is 4.79 Å². The molecular weight excluding hydrogens is 204 g/mol. The van der Waals surface area contributed by atoms with Gasteiger partial charge in [-0.05, 0) is 18.9 Å². The van der Waals surface area contributed by atoms with Crippen molar-refractivity contribution in [3.05, 3.63) is 18.0 Å². The van der Waals surface area contributed by atoms with Gasteiger partial charge in [0.05, 0.1) is 6.04 Å². The van der Waals surface area contributed by atoms with Crippen LogP contribution in [-0.2, 0) is 18.3 Å². The molecule has 0 bridgehead atoms. The Balaban J connectivity index is 1.90. The number of carbonyl (C=O) groups is 1. The van der Waals surface area contributed by atoms with E-state index in [0.717, 1.165) is 38.0 Å². The largest absolute Gasteiger partial charge is 0.341 e. The van der Waals surface area contributed by atoms with Gasteiger partial charge in [0, 0.05) is 38.4 Å². The number of aryl methyl sites for hydroxylation is 1. The zero-order valence-electron chi connectivity index (χ0n) is 9.59. The second kappa shape index (κ2) is 4.65. The third-order valence-electron chi connectivity index (χ3n) is 3.13. The van der Waals surface area contributed by atoms with Gasteiger partial charge in [0.2, 0.25) is 5.91 Å². The normalized spacial score (nSPS) is 21.5. The van der Waals surface area contributed by atoms with Crippen molar-refractivity contribution < 1.29 is 4.79 Å².